The number of pyridine rings is 1. The number of aryl methyl sites for hydroxylation is 1. The lowest BCUT2D eigenvalue weighted by Gasteiger charge is -2.19. The molecule has 0 aliphatic carbocycles. The maximum absolute atomic E-state index is 11.8. The molecule has 1 atom stereocenters. The van der Waals surface area contributed by atoms with Gasteiger partial charge in [0.2, 0.25) is 0 Å². The molecule has 0 bridgehead atoms. The molecule has 0 radical (unpaired) electrons. The third-order valence-electron chi connectivity index (χ3n) is 1.73. The summed E-state index contributed by atoms with van der Waals surface area (Å²) in [6, 6.07) is 3.22. The Kier molecular flexibility index (Phi) is 4.70. The predicted molar refractivity (Wildman–Crippen MR) is 69.8 cm³/mol. The van der Waals surface area contributed by atoms with Gasteiger partial charge in [-0.15, -0.1) is 0 Å². The van der Waals surface area contributed by atoms with Gasteiger partial charge in [-0.25, -0.2) is 18.7 Å². The summed E-state index contributed by atoms with van der Waals surface area (Å²) in [6.07, 6.45) is -0.766. The largest absolute Gasteiger partial charge is 0.443 e. The SMILES string of the molecule is Cc1ccc(S(=O)NC(=O)OC(C)(C)C)c(Cl)n1. The number of rotatable bonds is 2. The standard InChI is InChI=1S/C11H15ClN2O3S/c1-7-5-6-8(9(12)13-7)18(16)14-10(15)17-11(2,3)4/h5-6H,1-4H3,(H,14,15). The Morgan fingerprint density at radius 2 is 2.06 bits per heavy atom. The number of ether oxygens (including phenoxy) is 1. The van der Waals surface area contributed by atoms with E-state index in [1.54, 1.807) is 39.8 Å². The van der Waals surface area contributed by atoms with Crippen LogP contribution in [0.15, 0.2) is 17.0 Å². The van der Waals surface area contributed by atoms with Crippen LogP contribution in [0.1, 0.15) is 26.5 Å². The highest BCUT2D eigenvalue weighted by Gasteiger charge is 2.19. The quantitative estimate of drug-likeness (QED) is 0.850. The molecule has 1 aromatic heterocycles. The van der Waals surface area contributed by atoms with E-state index in [1.165, 1.54) is 0 Å². The first-order valence-electron chi connectivity index (χ1n) is 5.23. The van der Waals surface area contributed by atoms with E-state index < -0.39 is 22.7 Å². The van der Waals surface area contributed by atoms with Crippen molar-refractivity contribution in [2.75, 3.05) is 0 Å². The molecule has 1 N–H and O–H groups in total. The topological polar surface area (TPSA) is 68.3 Å². The zero-order valence-corrected chi connectivity index (χ0v) is 12.2. The van der Waals surface area contributed by atoms with Crippen LogP contribution in [-0.4, -0.2) is 20.9 Å². The molecule has 5 nitrogen and oxygen atoms in total. The number of carbonyl (C=O) groups is 1. The van der Waals surface area contributed by atoms with Crippen molar-refractivity contribution in [1.29, 1.82) is 0 Å². The Labute approximate surface area is 113 Å². The highest BCUT2D eigenvalue weighted by Crippen LogP contribution is 2.17. The van der Waals surface area contributed by atoms with Crippen LogP contribution in [0.2, 0.25) is 5.15 Å². The van der Waals surface area contributed by atoms with Gasteiger partial charge in [-0.1, -0.05) is 11.6 Å². The average Bonchev–Trinajstić information content (AvgIpc) is 2.13. The summed E-state index contributed by atoms with van der Waals surface area (Å²) in [4.78, 5) is 15.6. The van der Waals surface area contributed by atoms with Gasteiger partial charge in [0.05, 0.1) is 4.90 Å². The predicted octanol–water partition coefficient (Wildman–Crippen LogP) is 2.59. The van der Waals surface area contributed by atoms with Crippen LogP contribution in [0.25, 0.3) is 0 Å². The summed E-state index contributed by atoms with van der Waals surface area (Å²) >= 11 is 5.84. The molecule has 1 amide bonds. The minimum absolute atomic E-state index is 0.101. The molecule has 0 spiro atoms. The fourth-order valence-corrected chi connectivity index (χ4v) is 2.18. The van der Waals surface area contributed by atoms with Gasteiger partial charge in [0.15, 0.2) is 11.0 Å². The molecular weight excluding hydrogens is 276 g/mol. The van der Waals surface area contributed by atoms with Gasteiger partial charge in [-0.3, -0.25) is 0 Å². The zero-order chi connectivity index (χ0) is 13.9. The van der Waals surface area contributed by atoms with Crippen molar-refractivity contribution in [3.8, 4) is 0 Å². The second-order valence-electron chi connectivity index (χ2n) is 4.61. The number of hydrogen-bond donors (Lipinski definition) is 1. The van der Waals surface area contributed by atoms with Crippen molar-refractivity contribution in [1.82, 2.24) is 9.71 Å². The third-order valence-corrected chi connectivity index (χ3v) is 3.21. The average molecular weight is 291 g/mol. The zero-order valence-electron chi connectivity index (χ0n) is 10.6. The lowest BCUT2D eigenvalue weighted by atomic mass is 10.2. The fourth-order valence-electron chi connectivity index (χ4n) is 1.08. The first-order valence-corrected chi connectivity index (χ1v) is 6.76. The van der Waals surface area contributed by atoms with Crippen LogP contribution in [-0.2, 0) is 15.7 Å². The van der Waals surface area contributed by atoms with E-state index in [-0.39, 0.29) is 10.0 Å². The Morgan fingerprint density at radius 3 is 2.56 bits per heavy atom. The lowest BCUT2D eigenvalue weighted by Crippen LogP contribution is -2.33. The summed E-state index contributed by atoms with van der Waals surface area (Å²) in [5, 5.41) is 0.101. The number of carbonyl (C=O) groups excluding carboxylic acids is 1. The second kappa shape index (κ2) is 5.67. The monoisotopic (exact) mass is 290 g/mol. The smallest absolute Gasteiger partial charge is 0.419 e. The van der Waals surface area contributed by atoms with Gasteiger partial charge >= 0.3 is 6.09 Å². The Bertz CT molecular complexity index is 486. The minimum Gasteiger partial charge on any atom is -0.443 e. The van der Waals surface area contributed by atoms with Crippen molar-refractivity contribution in [3.05, 3.63) is 23.0 Å². The number of aromatic nitrogens is 1. The van der Waals surface area contributed by atoms with Crippen LogP contribution in [0.4, 0.5) is 4.79 Å². The molecular formula is C11H15ClN2O3S. The van der Waals surface area contributed by atoms with Gasteiger partial charge in [-0.05, 0) is 39.8 Å². The molecule has 0 saturated carbocycles. The normalized spacial score (nSPS) is 12.9. The van der Waals surface area contributed by atoms with Crippen LogP contribution in [0.5, 0.6) is 0 Å². The highest BCUT2D eigenvalue weighted by atomic mass is 35.5. The second-order valence-corrected chi connectivity index (χ2v) is 6.15. The van der Waals surface area contributed by atoms with Gasteiger partial charge in [0.25, 0.3) is 0 Å². The summed E-state index contributed by atoms with van der Waals surface area (Å²) in [7, 11) is -1.79. The van der Waals surface area contributed by atoms with Crippen LogP contribution >= 0.6 is 11.6 Å². The summed E-state index contributed by atoms with van der Waals surface area (Å²) in [6.45, 7) is 6.92. The van der Waals surface area contributed by atoms with Crippen LogP contribution < -0.4 is 4.72 Å². The van der Waals surface area contributed by atoms with Crippen LogP contribution in [0, 0.1) is 6.92 Å². The number of amides is 1. The van der Waals surface area contributed by atoms with E-state index in [0.29, 0.717) is 5.69 Å². The Hall–Kier alpha value is -1.14. The van der Waals surface area contributed by atoms with Gasteiger partial charge in [0, 0.05) is 5.69 Å². The summed E-state index contributed by atoms with van der Waals surface area (Å²) in [5.74, 6) is 0. The lowest BCUT2D eigenvalue weighted by molar-refractivity contribution is 0.0572. The molecule has 0 aromatic carbocycles. The number of nitrogens with zero attached hydrogens (tertiary/aromatic N) is 1. The Morgan fingerprint density at radius 1 is 1.44 bits per heavy atom. The first kappa shape index (κ1) is 14.9. The van der Waals surface area contributed by atoms with Crippen molar-refractivity contribution in [2.24, 2.45) is 0 Å². The molecule has 18 heavy (non-hydrogen) atoms. The maximum Gasteiger partial charge on any atom is 0.419 e. The van der Waals surface area contributed by atoms with E-state index in [4.69, 9.17) is 16.3 Å². The molecule has 1 unspecified atom stereocenters. The van der Waals surface area contributed by atoms with Crippen molar-refractivity contribution in [2.45, 2.75) is 38.2 Å². The summed E-state index contributed by atoms with van der Waals surface area (Å²) in [5.41, 5.74) is 0.0573. The molecule has 1 rings (SSSR count). The number of hydrogen-bond acceptors (Lipinski definition) is 4. The van der Waals surface area contributed by atoms with E-state index in [2.05, 4.69) is 9.71 Å². The minimum atomic E-state index is -1.79. The van der Waals surface area contributed by atoms with Gasteiger partial charge in [0.1, 0.15) is 10.8 Å². The summed E-state index contributed by atoms with van der Waals surface area (Å²) < 4.78 is 19.0. The molecule has 0 aliphatic rings. The van der Waals surface area contributed by atoms with Gasteiger partial charge < -0.3 is 4.74 Å². The number of nitrogens with one attached hydrogen (secondary N) is 1. The molecule has 7 heteroatoms. The molecule has 0 fully saturated rings. The van der Waals surface area contributed by atoms with Crippen molar-refractivity contribution < 1.29 is 13.7 Å². The fraction of sp³-hybridized carbons (Fsp3) is 0.455. The van der Waals surface area contributed by atoms with E-state index >= 15 is 0 Å². The van der Waals surface area contributed by atoms with E-state index in [0.717, 1.165) is 0 Å². The van der Waals surface area contributed by atoms with E-state index in [1.807, 2.05) is 0 Å². The molecule has 0 aliphatic heterocycles. The maximum atomic E-state index is 11.8. The number of halogens is 1. The molecule has 0 saturated heterocycles. The van der Waals surface area contributed by atoms with Crippen LogP contribution in [0.3, 0.4) is 0 Å². The van der Waals surface area contributed by atoms with Crippen molar-refractivity contribution >= 4 is 28.7 Å². The molecule has 1 aromatic rings. The van der Waals surface area contributed by atoms with Crippen molar-refractivity contribution in [3.63, 3.8) is 0 Å². The third kappa shape index (κ3) is 4.62. The van der Waals surface area contributed by atoms with Gasteiger partial charge in [-0.2, -0.15) is 0 Å². The molecule has 100 valence electrons. The highest BCUT2D eigenvalue weighted by molar-refractivity contribution is 7.83. The Balaban J connectivity index is 2.74. The van der Waals surface area contributed by atoms with E-state index in [9.17, 15) is 9.00 Å². The molecule has 1 heterocycles. The first-order chi connectivity index (χ1) is 8.19.